The van der Waals surface area contributed by atoms with Gasteiger partial charge >= 0.3 is 23.9 Å². The van der Waals surface area contributed by atoms with Crippen molar-refractivity contribution in [1.29, 1.82) is 0 Å². The summed E-state index contributed by atoms with van der Waals surface area (Å²) < 4.78 is 21.3. The Morgan fingerprint density at radius 1 is 0.327 bits per heavy atom. The van der Waals surface area contributed by atoms with Crippen LogP contribution in [-0.4, -0.2) is 50.3 Å². The first-order valence-corrected chi connectivity index (χ1v) is 20.3. The van der Waals surface area contributed by atoms with Crippen molar-refractivity contribution in [3.8, 4) is 0 Å². The molecule has 0 fully saturated rings. The fraction of sp³-hybridized carbons (Fsp3) is 0.636. The second-order valence-corrected chi connectivity index (χ2v) is 13.3. The number of hydrogen-bond donors (Lipinski definition) is 0. The Kier molecular flexibility index (Phi) is 28.5. The van der Waals surface area contributed by atoms with Crippen LogP contribution in [0.4, 0.5) is 0 Å². The van der Waals surface area contributed by atoms with Crippen LogP contribution in [0, 0.1) is 0 Å². The van der Waals surface area contributed by atoms with Crippen molar-refractivity contribution in [2.24, 2.45) is 0 Å². The minimum atomic E-state index is -0.454. The van der Waals surface area contributed by atoms with Crippen LogP contribution in [0.5, 0.6) is 0 Å². The van der Waals surface area contributed by atoms with Crippen molar-refractivity contribution >= 4 is 23.9 Å². The lowest BCUT2D eigenvalue weighted by Crippen LogP contribution is -2.15. The Bertz CT molecular complexity index is 1150. The van der Waals surface area contributed by atoms with Gasteiger partial charge in [0.1, 0.15) is 0 Å². The normalized spacial score (nSPS) is 10.5. The third-order valence-corrected chi connectivity index (χ3v) is 8.66. The predicted octanol–water partition coefficient (Wildman–Crippen LogP) is 11.9. The second-order valence-electron chi connectivity index (χ2n) is 13.3. The molecule has 0 radical (unpaired) electrons. The number of benzene rings is 2. The highest BCUT2D eigenvalue weighted by Crippen LogP contribution is 2.15. The van der Waals surface area contributed by atoms with Gasteiger partial charge in [0.05, 0.1) is 48.7 Å². The van der Waals surface area contributed by atoms with Gasteiger partial charge in [-0.25, -0.2) is 19.2 Å². The van der Waals surface area contributed by atoms with Crippen LogP contribution in [0.3, 0.4) is 0 Å². The van der Waals surface area contributed by atoms with Crippen LogP contribution in [0.1, 0.15) is 198 Å². The Morgan fingerprint density at radius 2 is 0.519 bits per heavy atom. The van der Waals surface area contributed by atoms with E-state index in [1.54, 1.807) is 48.5 Å². The minimum Gasteiger partial charge on any atom is -0.462 e. The average molecular weight is 725 g/mol. The van der Waals surface area contributed by atoms with E-state index in [1.807, 2.05) is 0 Å². The third-order valence-electron chi connectivity index (χ3n) is 8.66. The van der Waals surface area contributed by atoms with E-state index in [0.29, 0.717) is 37.6 Å². The van der Waals surface area contributed by atoms with Gasteiger partial charge < -0.3 is 18.9 Å². The molecular formula is C44H68O8. The molecule has 0 unspecified atom stereocenters. The molecule has 0 heterocycles. The Hall–Kier alpha value is -3.68. The fourth-order valence-electron chi connectivity index (χ4n) is 5.47. The molecule has 2 rings (SSSR count). The first-order valence-electron chi connectivity index (χ1n) is 20.3. The maximum Gasteiger partial charge on any atom is 0.339 e. The van der Waals surface area contributed by atoms with E-state index in [9.17, 15) is 19.2 Å². The predicted molar refractivity (Wildman–Crippen MR) is 209 cm³/mol. The van der Waals surface area contributed by atoms with Gasteiger partial charge in [-0.15, -0.1) is 0 Å². The number of ether oxygens (including phenoxy) is 4. The zero-order valence-corrected chi connectivity index (χ0v) is 32.9. The number of rotatable bonds is 28. The summed E-state index contributed by atoms with van der Waals surface area (Å²) in [6, 6.07) is 13.4. The van der Waals surface area contributed by atoms with Gasteiger partial charge in [-0.05, 0) is 49.9 Å². The molecule has 2 aromatic carbocycles. The second kappa shape index (κ2) is 32.0. The molecule has 0 aliphatic heterocycles. The summed E-state index contributed by atoms with van der Waals surface area (Å²) in [7, 11) is 0. The van der Waals surface area contributed by atoms with Gasteiger partial charge in [0.25, 0.3) is 0 Å². The van der Waals surface area contributed by atoms with Gasteiger partial charge in [-0.2, -0.15) is 0 Å². The summed E-state index contributed by atoms with van der Waals surface area (Å²) in [5, 5.41) is 0. The molecule has 8 nitrogen and oxygen atoms in total. The number of carbonyl (C=O) groups is 4. The average Bonchev–Trinajstić information content (AvgIpc) is 3.17. The third kappa shape index (κ3) is 21.6. The highest BCUT2D eigenvalue weighted by molar-refractivity contribution is 6.03. The van der Waals surface area contributed by atoms with Gasteiger partial charge in [-0.3, -0.25) is 0 Å². The fourth-order valence-corrected chi connectivity index (χ4v) is 5.47. The molecule has 0 saturated carbocycles. The van der Waals surface area contributed by atoms with Gasteiger partial charge in [0, 0.05) is 0 Å². The maximum absolute atomic E-state index is 12.4. The molecule has 292 valence electrons. The smallest absolute Gasteiger partial charge is 0.339 e. The van der Waals surface area contributed by atoms with Crippen molar-refractivity contribution in [2.75, 3.05) is 26.4 Å². The quantitative estimate of drug-likeness (QED) is 0.0485. The molecule has 0 aliphatic rings. The van der Waals surface area contributed by atoms with Gasteiger partial charge in [-0.1, -0.05) is 155 Å². The molecule has 0 saturated heterocycles. The number of unbranched alkanes of at least 4 members (excludes halogenated alkanes) is 16. The summed E-state index contributed by atoms with van der Waals surface area (Å²) in [5.74, 6) is -1.79. The van der Waals surface area contributed by atoms with E-state index < -0.39 is 23.9 Å². The Morgan fingerprint density at radius 3 is 0.750 bits per heavy atom. The number of carbonyl (C=O) groups excluding carboxylic acids is 4. The molecule has 0 bridgehead atoms. The summed E-state index contributed by atoms with van der Waals surface area (Å²) in [4.78, 5) is 49.1. The van der Waals surface area contributed by atoms with Crippen LogP contribution in [0.25, 0.3) is 0 Å². The van der Waals surface area contributed by atoms with Crippen LogP contribution in [0.15, 0.2) is 48.5 Å². The van der Waals surface area contributed by atoms with Crippen LogP contribution < -0.4 is 0 Å². The van der Waals surface area contributed by atoms with Crippen molar-refractivity contribution in [3.63, 3.8) is 0 Å². The Balaban J connectivity index is 0.000000526. The zero-order chi connectivity index (χ0) is 38.1. The van der Waals surface area contributed by atoms with E-state index in [1.165, 1.54) is 51.4 Å². The molecule has 8 heteroatoms. The molecule has 0 atom stereocenters. The Labute approximate surface area is 314 Å². The largest absolute Gasteiger partial charge is 0.462 e. The van der Waals surface area contributed by atoms with Crippen molar-refractivity contribution in [1.82, 2.24) is 0 Å². The standard InChI is InChI=1S/C24H38O4.C20H30O4/c1-3-5-7-9-11-15-19-27-23(25)21-17-13-14-18-22(21)24(26)28-20-16-12-10-8-6-4-2;1-3-5-7-11-15-23-19(21)17-13-9-10-14-18(17)20(22)24-16-12-8-6-4-2/h13-14,17-18H,3-12,15-16,19-20H2,1-2H3;9-10,13-14H,3-8,11-12,15-16H2,1-2H3. The molecule has 0 aromatic heterocycles. The van der Waals surface area contributed by atoms with Crippen LogP contribution >= 0.6 is 0 Å². The van der Waals surface area contributed by atoms with Crippen molar-refractivity contribution < 1.29 is 38.1 Å². The number of esters is 4. The summed E-state index contributed by atoms with van der Waals surface area (Å²) in [6.45, 7) is 10.2. The maximum atomic E-state index is 12.4. The molecule has 0 spiro atoms. The van der Waals surface area contributed by atoms with E-state index in [2.05, 4.69) is 27.7 Å². The lowest BCUT2D eigenvalue weighted by molar-refractivity contribution is 0.0450. The summed E-state index contributed by atoms with van der Waals surface area (Å²) in [6.07, 6.45) is 22.0. The lowest BCUT2D eigenvalue weighted by Gasteiger charge is -2.10. The monoisotopic (exact) mass is 724 g/mol. The van der Waals surface area contributed by atoms with Crippen molar-refractivity contribution in [2.45, 2.75) is 156 Å². The van der Waals surface area contributed by atoms with E-state index in [0.717, 1.165) is 77.0 Å². The first-order chi connectivity index (χ1) is 25.4. The molecule has 52 heavy (non-hydrogen) atoms. The summed E-state index contributed by atoms with van der Waals surface area (Å²) in [5.41, 5.74) is 1.15. The van der Waals surface area contributed by atoms with Crippen LogP contribution in [0.2, 0.25) is 0 Å². The van der Waals surface area contributed by atoms with E-state index in [4.69, 9.17) is 18.9 Å². The molecule has 0 N–H and O–H groups in total. The highest BCUT2D eigenvalue weighted by Gasteiger charge is 2.20. The zero-order valence-electron chi connectivity index (χ0n) is 32.9. The molecule has 0 aliphatic carbocycles. The molecular weight excluding hydrogens is 656 g/mol. The lowest BCUT2D eigenvalue weighted by atomic mass is 10.1. The van der Waals surface area contributed by atoms with E-state index >= 15 is 0 Å². The molecule has 2 aromatic rings. The first kappa shape index (κ1) is 46.3. The van der Waals surface area contributed by atoms with E-state index in [-0.39, 0.29) is 11.1 Å². The minimum absolute atomic E-state index is 0.284. The highest BCUT2D eigenvalue weighted by atomic mass is 16.5. The topological polar surface area (TPSA) is 105 Å². The SMILES string of the molecule is CCCCCCCCOC(=O)c1ccccc1C(=O)OCCCCCCCC.CCCCCCOC(=O)c1ccccc1C(=O)OCCCCCC. The van der Waals surface area contributed by atoms with Crippen LogP contribution in [-0.2, 0) is 18.9 Å². The van der Waals surface area contributed by atoms with Gasteiger partial charge in [0.15, 0.2) is 0 Å². The summed E-state index contributed by atoms with van der Waals surface area (Å²) >= 11 is 0. The van der Waals surface area contributed by atoms with Crippen molar-refractivity contribution in [3.05, 3.63) is 70.8 Å². The number of hydrogen-bond acceptors (Lipinski definition) is 8. The van der Waals surface area contributed by atoms with Gasteiger partial charge in [0.2, 0.25) is 0 Å². The molecule has 0 amide bonds.